The molecule has 0 amide bonds. The van der Waals surface area contributed by atoms with E-state index in [-0.39, 0.29) is 17.6 Å². The Kier molecular flexibility index (Phi) is 4.73. The smallest absolute Gasteiger partial charge is 0.165 e. The van der Waals surface area contributed by atoms with Crippen molar-refractivity contribution < 1.29 is 13.5 Å². The average Bonchev–Trinajstić information content (AvgIpc) is 2.42. The third-order valence-electron chi connectivity index (χ3n) is 3.07. The molecule has 0 bridgehead atoms. The van der Waals surface area contributed by atoms with E-state index in [9.17, 15) is 8.78 Å². The van der Waals surface area contributed by atoms with Crippen molar-refractivity contribution in [1.82, 2.24) is 5.32 Å². The summed E-state index contributed by atoms with van der Waals surface area (Å²) < 4.78 is 32.5. The molecule has 20 heavy (non-hydrogen) atoms. The van der Waals surface area contributed by atoms with E-state index in [2.05, 4.69) is 21.2 Å². The molecule has 2 aromatic rings. The lowest BCUT2D eigenvalue weighted by atomic mass is 9.98. The van der Waals surface area contributed by atoms with Crippen LogP contribution < -0.4 is 10.1 Å². The predicted molar refractivity (Wildman–Crippen MR) is 78.0 cm³/mol. The molecule has 0 aliphatic rings. The molecule has 106 valence electrons. The molecular formula is C15H14BrF2NO. The SMILES string of the molecule is CNC(c1ccc(OC)c(F)c1)c1ccc(F)cc1Br. The summed E-state index contributed by atoms with van der Waals surface area (Å²) in [4.78, 5) is 0. The summed E-state index contributed by atoms with van der Waals surface area (Å²) in [5, 5.41) is 3.10. The van der Waals surface area contributed by atoms with Gasteiger partial charge >= 0.3 is 0 Å². The molecule has 0 spiro atoms. The highest BCUT2D eigenvalue weighted by Gasteiger charge is 2.17. The minimum Gasteiger partial charge on any atom is -0.494 e. The zero-order chi connectivity index (χ0) is 14.7. The van der Waals surface area contributed by atoms with Crippen molar-refractivity contribution in [3.63, 3.8) is 0 Å². The van der Waals surface area contributed by atoms with E-state index in [4.69, 9.17) is 4.74 Å². The summed E-state index contributed by atoms with van der Waals surface area (Å²) in [6.45, 7) is 0. The molecule has 1 unspecified atom stereocenters. The zero-order valence-electron chi connectivity index (χ0n) is 11.1. The van der Waals surface area contributed by atoms with E-state index in [1.54, 1.807) is 25.2 Å². The molecule has 2 rings (SSSR count). The highest BCUT2D eigenvalue weighted by molar-refractivity contribution is 9.10. The maximum atomic E-state index is 13.8. The molecule has 5 heteroatoms. The van der Waals surface area contributed by atoms with Crippen molar-refractivity contribution >= 4 is 15.9 Å². The molecule has 0 aliphatic heterocycles. The fraction of sp³-hybridized carbons (Fsp3) is 0.200. The Balaban J connectivity index is 2.44. The van der Waals surface area contributed by atoms with Crippen LogP contribution in [0.4, 0.5) is 8.78 Å². The Labute approximate surface area is 124 Å². The van der Waals surface area contributed by atoms with E-state index in [0.717, 1.165) is 11.1 Å². The van der Waals surface area contributed by atoms with Gasteiger partial charge in [0.15, 0.2) is 11.6 Å². The largest absolute Gasteiger partial charge is 0.494 e. The predicted octanol–water partition coefficient (Wildman–Crippen LogP) is 4.04. The number of benzene rings is 2. The van der Waals surface area contributed by atoms with E-state index >= 15 is 0 Å². The highest BCUT2D eigenvalue weighted by Crippen LogP contribution is 2.31. The zero-order valence-corrected chi connectivity index (χ0v) is 12.7. The quantitative estimate of drug-likeness (QED) is 0.905. The molecule has 0 heterocycles. The molecule has 1 N–H and O–H groups in total. The van der Waals surface area contributed by atoms with Gasteiger partial charge in [0, 0.05) is 4.47 Å². The first kappa shape index (κ1) is 14.9. The molecule has 0 aromatic heterocycles. The maximum Gasteiger partial charge on any atom is 0.165 e. The number of hydrogen-bond donors (Lipinski definition) is 1. The van der Waals surface area contributed by atoms with Crippen LogP contribution in [-0.4, -0.2) is 14.2 Å². The van der Waals surface area contributed by atoms with Crippen LogP contribution in [0.15, 0.2) is 40.9 Å². The van der Waals surface area contributed by atoms with Crippen molar-refractivity contribution in [3.8, 4) is 5.75 Å². The molecule has 0 saturated heterocycles. The fourth-order valence-corrected chi connectivity index (χ4v) is 2.68. The molecule has 2 aromatic carbocycles. The summed E-state index contributed by atoms with van der Waals surface area (Å²) in [5.41, 5.74) is 1.57. The Hall–Kier alpha value is -1.46. The van der Waals surface area contributed by atoms with Crippen LogP contribution in [0.5, 0.6) is 5.75 Å². The van der Waals surface area contributed by atoms with Gasteiger partial charge in [-0.25, -0.2) is 8.78 Å². The van der Waals surface area contributed by atoms with Crippen LogP contribution in [0.3, 0.4) is 0 Å². The first-order valence-corrected chi connectivity index (χ1v) is 6.81. The van der Waals surface area contributed by atoms with Crippen LogP contribution in [-0.2, 0) is 0 Å². The second-order valence-electron chi connectivity index (χ2n) is 4.28. The van der Waals surface area contributed by atoms with Crippen molar-refractivity contribution in [3.05, 3.63) is 63.6 Å². The lowest BCUT2D eigenvalue weighted by Crippen LogP contribution is -2.18. The Bertz CT molecular complexity index is 619. The van der Waals surface area contributed by atoms with E-state index < -0.39 is 5.82 Å². The summed E-state index contributed by atoms with van der Waals surface area (Å²) in [6.07, 6.45) is 0. The van der Waals surface area contributed by atoms with E-state index in [1.165, 1.54) is 25.3 Å². The van der Waals surface area contributed by atoms with Crippen molar-refractivity contribution in [2.24, 2.45) is 0 Å². The minimum atomic E-state index is -0.427. The summed E-state index contributed by atoms with van der Waals surface area (Å²) >= 11 is 3.33. The van der Waals surface area contributed by atoms with Gasteiger partial charge < -0.3 is 10.1 Å². The van der Waals surface area contributed by atoms with Gasteiger partial charge in [-0.1, -0.05) is 28.1 Å². The minimum absolute atomic E-state index is 0.196. The van der Waals surface area contributed by atoms with Crippen LogP contribution >= 0.6 is 15.9 Å². The van der Waals surface area contributed by atoms with E-state index in [1.807, 2.05) is 0 Å². The van der Waals surface area contributed by atoms with Gasteiger partial charge in [-0.05, 0) is 42.4 Å². The number of rotatable bonds is 4. The highest BCUT2D eigenvalue weighted by atomic mass is 79.9. The topological polar surface area (TPSA) is 21.3 Å². The van der Waals surface area contributed by atoms with Gasteiger partial charge in [-0.3, -0.25) is 0 Å². The molecule has 0 radical (unpaired) electrons. The Morgan fingerprint density at radius 1 is 1.15 bits per heavy atom. The third-order valence-corrected chi connectivity index (χ3v) is 3.76. The monoisotopic (exact) mass is 341 g/mol. The van der Waals surface area contributed by atoms with Gasteiger partial charge in [0.2, 0.25) is 0 Å². The third kappa shape index (κ3) is 2.99. The number of methoxy groups -OCH3 is 1. The Morgan fingerprint density at radius 3 is 2.45 bits per heavy atom. The van der Waals surface area contributed by atoms with Crippen LogP contribution in [0.2, 0.25) is 0 Å². The van der Waals surface area contributed by atoms with Crippen LogP contribution in [0.1, 0.15) is 17.2 Å². The van der Waals surface area contributed by atoms with Crippen molar-refractivity contribution in [1.29, 1.82) is 0 Å². The first-order chi connectivity index (χ1) is 9.56. The number of nitrogens with one attached hydrogen (secondary N) is 1. The maximum absolute atomic E-state index is 13.8. The second-order valence-corrected chi connectivity index (χ2v) is 5.14. The van der Waals surface area contributed by atoms with E-state index in [0.29, 0.717) is 4.47 Å². The lowest BCUT2D eigenvalue weighted by molar-refractivity contribution is 0.386. The molecule has 2 nitrogen and oxygen atoms in total. The van der Waals surface area contributed by atoms with Gasteiger partial charge in [0.25, 0.3) is 0 Å². The molecule has 1 atom stereocenters. The normalized spacial score (nSPS) is 12.2. The van der Waals surface area contributed by atoms with Gasteiger partial charge in [-0.15, -0.1) is 0 Å². The van der Waals surface area contributed by atoms with Crippen molar-refractivity contribution in [2.45, 2.75) is 6.04 Å². The first-order valence-electron chi connectivity index (χ1n) is 6.02. The average molecular weight is 342 g/mol. The van der Waals surface area contributed by atoms with Gasteiger partial charge in [0.05, 0.1) is 13.2 Å². The van der Waals surface area contributed by atoms with Gasteiger partial charge in [-0.2, -0.15) is 0 Å². The lowest BCUT2D eigenvalue weighted by Gasteiger charge is -2.19. The second kappa shape index (κ2) is 6.33. The fourth-order valence-electron chi connectivity index (χ4n) is 2.10. The van der Waals surface area contributed by atoms with Crippen LogP contribution in [0, 0.1) is 11.6 Å². The molecular weight excluding hydrogens is 328 g/mol. The molecule has 0 saturated carbocycles. The summed E-state index contributed by atoms with van der Waals surface area (Å²) in [5.74, 6) is -0.554. The van der Waals surface area contributed by atoms with Crippen molar-refractivity contribution in [2.75, 3.05) is 14.2 Å². The number of halogens is 3. The standard InChI is InChI=1S/C15H14BrF2NO/c1-19-15(11-5-4-10(17)8-12(11)16)9-3-6-14(20-2)13(18)7-9/h3-8,15,19H,1-2H3. The van der Waals surface area contributed by atoms with Crippen LogP contribution in [0.25, 0.3) is 0 Å². The number of hydrogen-bond acceptors (Lipinski definition) is 2. The molecule has 0 aliphatic carbocycles. The Morgan fingerprint density at radius 2 is 1.90 bits per heavy atom. The number of ether oxygens (including phenoxy) is 1. The summed E-state index contributed by atoms with van der Waals surface area (Å²) in [7, 11) is 3.19. The summed E-state index contributed by atoms with van der Waals surface area (Å²) in [6, 6.07) is 8.96. The molecule has 0 fully saturated rings. The van der Waals surface area contributed by atoms with Gasteiger partial charge in [0.1, 0.15) is 5.82 Å².